The molecule has 2 aliphatic rings. The van der Waals surface area contributed by atoms with Crippen LogP contribution in [0.25, 0.3) is 6.08 Å². The lowest BCUT2D eigenvalue weighted by Crippen LogP contribution is -2.42. The van der Waals surface area contributed by atoms with Gasteiger partial charge in [0.15, 0.2) is 0 Å². The van der Waals surface area contributed by atoms with Crippen LogP contribution in [-0.2, 0) is 10.2 Å². The summed E-state index contributed by atoms with van der Waals surface area (Å²) in [6.45, 7) is 8.88. The zero-order valence-electron chi connectivity index (χ0n) is 15.2. The van der Waals surface area contributed by atoms with Gasteiger partial charge in [-0.05, 0) is 60.3 Å². The quantitative estimate of drug-likeness (QED) is 0.748. The van der Waals surface area contributed by atoms with Crippen LogP contribution in [0.15, 0.2) is 29.2 Å². The number of benzene rings is 1. The van der Waals surface area contributed by atoms with Crippen molar-refractivity contribution in [3.63, 3.8) is 0 Å². The Morgan fingerprint density at radius 1 is 1.04 bits per heavy atom. The highest BCUT2D eigenvalue weighted by Crippen LogP contribution is 2.33. The topological polar surface area (TPSA) is 40.6 Å². The third kappa shape index (κ3) is 4.33. The maximum Gasteiger partial charge on any atom is 0.294 e. The van der Waals surface area contributed by atoms with Crippen molar-refractivity contribution in [3.8, 4) is 0 Å². The number of thioether (sulfide) groups is 1. The van der Waals surface area contributed by atoms with Gasteiger partial charge in [0.1, 0.15) is 0 Å². The Kier molecular flexibility index (Phi) is 5.35. The van der Waals surface area contributed by atoms with Crippen LogP contribution in [0, 0.1) is 0 Å². The Labute approximate surface area is 154 Å². The van der Waals surface area contributed by atoms with Crippen molar-refractivity contribution in [2.45, 2.75) is 45.4 Å². The van der Waals surface area contributed by atoms with E-state index < -0.39 is 0 Å². The van der Waals surface area contributed by atoms with Crippen LogP contribution in [0.2, 0.25) is 0 Å². The molecule has 0 saturated carbocycles. The monoisotopic (exact) mass is 358 g/mol. The Bertz CT molecular complexity index is 683. The van der Waals surface area contributed by atoms with E-state index in [-0.39, 0.29) is 16.6 Å². The Hall–Kier alpha value is -1.59. The maximum absolute atomic E-state index is 12.6. The highest BCUT2D eigenvalue weighted by atomic mass is 32.2. The number of piperidine rings is 1. The summed E-state index contributed by atoms with van der Waals surface area (Å²) in [6, 6.07) is 8.20. The molecule has 134 valence electrons. The molecule has 0 spiro atoms. The average Bonchev–Trinajstić information content (AvgIpc) is 2.83. The zero-order chi connectivity index (χ0) is 18.0. The van der Waals surface area contributed by atoms with Crippen molar-refractivity contribution >= 4 is 29.0 Å². The summed E-state index contributed by atoms with van der Waals surface area (Å²) >= 11 is 1.05. The number of rotatable bonds is 3. The molecule has 0 aromatic heterocycles. The first-order valence-electron chi connectivity index (χ1n) is 8.93. The number of carbonyl (C=O) groups is 2. The van der Waals surface area contributed by atoms with E-state index in [9.17, 15) is 9.59 Å². The Morgan fingerprint density at radius 3 is 2.28 bits per heavy atom. The average molecular weight is 359 g/mol. The number of carbonyl (C=O) groups excluding carboxylic acids is 2. The third-order valence-corrected chi connectivity index (χ3v) is 5.65. The first kappa shape index (κ1) is 18.2. The number of likely N-dealkylation sites (tertiary alicyclic amines) is 1. The molecular weight excluding hydrogens is 332 g/mol. The largest absolute Gasteiger partial charge is 0.294 e. The summed E-state index contributed by atoms with van der Waals surface area (Å²) in [4.78, 5) is 28.9. The van der Waals surface area contributed by atoms with E-state index in [0.29, 0.717) is 11.6 Å². The molecule has 3 rings (SSSR count). The minimum atomic E-state index is -0.166. The van der Waals surface area contributed by atoms with E-state index >= 15 is 0 Å². The fraction of sp³-hybridized carbons (Fsp3) is 0.500. The SMILES string of the molecule is CC(C)(C)c1ccc(C=C2SC(=O)N(CN3CCCCC3)C2=O)cc1. The number of amides is 2. The standard InChI is InChI=1S/C20H26N2O2S/c1-20(2,3)16-9-7-15(8-10-16)13-17-18(23)22(19(24)25-17)14-21-11-5-4-6-12-21/h7-10,13H,4-6,11-12,14H2,1-3H3. The second-order valence-corrected chi connectivity index (χ2v) is 8.80. The smallest absolute Gasteiger partial charge is 0.286 e. The molecule has 2 heterocycles. The molecule has 0 unspecified atom stereocenters. The van der Waals surface area contributed by atoms with E-state index in [1.807, 2.05) is 18.2 Å². The molecule has 25 heavy (non-hydrogen) atoms. The van der Waals surface area contributed by atoms with Crippen LogP contribution in [0.4, 0.5) is 4.79 Å². The predicted octanol–water partition coefficient (Wildman–Crippen LogP) is 4.46. The molecule has 2 amide bonds. The summed E-state index contributed by atoms with van der Waals surface area (Å²) in [5.74, 6) is -0.166. The molecule has 2 saturated heterocycles. The van der Waals surface area contributed by atoms with Crippen molar-refractivity contribution in [1.29, 1.82) is 0 Å². The highest BCUT2D eigenvalue weighted by Gasteiger charge is 2.36. The molecule has 2 fully saturated rings. The van der Waals surface area contributed by atoms with E-state index in [1.54, 1.807) is 0 Å². The fourth-order valence-corrected chi connectivity index (χ4v) is 3.98. The summed E-state index contributed by atoms with van der Waals surface area (Å²) in [5.41, 5.74) is 2.31. The lowest BCUT2D eigenvalue weighted by molar-refractivity contribution is -0.124. The summed E-state index contributed by atoms with van der Waals surface area (Å²) in [7, 11) is 0. The molecule has 0 atom stereocenters. The van der Waals surface area contributed by atoms with Gasteiger partial charge in [-0.1, -0.05) is 51.5 Å². The molecule has 4 nitrogen and oxygen atoms in total. The van der Waals surface area contributed by atoms with E-state index in [1.165, 1.54) is 16.9 Å². The molecule has 2 aliphatic heterocycles. The molecular formula is C20H26N2O2S. The van der Waals surface area contributed by atoms with Crippen LogP contribution in [-0.4, -0.2) is 40.7 Å². The molecule has 0 bridgehead atoms. The van der Waals surface area contributed by atoms with Crippen LogP contribution in [0.5, 0.6) is 0 Å². The summed E-state index contributed by atoms with van der Waals surface area (Å²) in [6.07, 6.45) is 5.36. The van der Waals surface area contributed by atoms with Gasteiger partial charge in [0, 0.05) is 0 Å². The number of hydrogen-bond acceptors (Lipinski definition) is 4. The molecule has 0 aliphatic carbocycles. The minimum absolute atomic E-state index is 0.102. The lowest BCUT2D eigenvalue weighted by Gasteiger charge is -2.29. The van der Waals surface area contributed by atoms with Gasteiger partial charge in [-0.25, -0.2) is 0 Å². The normalized spacial score (nSPS) is 21.4. The number of hydrogen-bond donors (Lipinski definition) is 0. The maximum atomic E-state index is 12.6. The second kappa shape index (κ2) is 7.34. The first-order chi connectivity index (χ1) is 11.8. The number of nitrogens with zero attached hydrogens (tertiary/aromatic N) is 2. The van der Waals surface area contributed by atoms with Gasteiger partial charge >= 0.3 is 0 Å². The van der Waals surface area contributed by atoms with Crippen molar-refractivity contribution < 1.29 is 9.59 Å². The van der Waals surface area contributed by atoms with Crippen LogP contribution >= 0.6 is 11.8 Å². The van der Waals surface area contributed by atoms with Gasteiger partial charge in [-0.15, -0.1) is 0 Å². The Balaban J connectivity index is 1.71. The molecule has 1 aromatic carbocycles. The summed E-state index contributed by atoms with van der Waals surface area (Å²) < 4.78 is 0. The Morgan fingerprint density at radius 2 is 1.68 bits per heavy atom. The van der Waals surface area contributed by atoms with Gasteiger partial charge in [-0.2, -0.15) is 0 Å². The van der Waals surface area contributed by atoms with Crippen molar-refractivity contribution in [3.05, 3.63) is 40.3 Å². The van der Waals surface area contributed by atoms with Gasteiger partial charge in [-0.3, -0.25) is 19.4 Å². The van der Waals surface area contributed by atoms with Gasteiger partial charge < -0.3 is 0 Å². The molecule has 5 heteroatoms. The van der Waals surface area contributed by atoms with Crippen LogP contribution in [0.3, 0.4) is 0 Å². The third-order valence-electron chi connectivity index (χ3n) is 4.74. The molecule has 0 radical (unpaired) electrons. The van der Waals surface area contributed by atoms with Crippen LogP contribution in [0.1, 0.15) is 51.2 Å². The highest BCUT2D eigenvalue weighted by molar-refractivity contribution is 8.18. The van der Waals surface area contributed by atoms with Gasteiger partial charge in [0.05, 0.1) is 11.6 Å². The van der Waals surface area contributed by atoms with Gasteiger partial charge in [0.25, 0.3) is 11.1 Å². The minimum Gasteiger partial charge on any atom is -0.286 e. The second-order valence-electron chi connectivity index (χ2n) is 7.80. The van der Waals surface area contributed by atoms with Crippen molar-refractivity contribution in [2.75, 3.05) is 19.8 Å². The first-order valence-corrected chi connectivity index (χ1v) is 9.74. The van der Waals surface area contributed by atoms with Crippen molar-refractivity contribution in [2.24, 2.45) is 0 Å². The van der Waals surface area contributed by atoms with Gasteiger partial charge in [0.2, 0.25) is 0 Å². The van der Waals surface area contributed by atoms with E-state index in [2.05, 4.69) is 37.8 Å². The summed E-state index contributed by atoms with van der Waals surface area (Å²) in [5, 5.41) is -0.159. The lowest BCUT2D eigenvalue weighted by atomic mass is 9.87. The van der Waals surface area contributed by atoms with E-state index in [0.717, 1.165) is 43.3 Å². The molecule has 1 aromatic rings. The fourth-order valence-electron chi connectivity index (χ4n) is 3.15. The van der Waals surface area contributed by atoms with Crippen LogP contribution < -0.4 is 0 Å². The predicted molar refractivity (Wildman–Crippen MR) is 103 cm³/mol. The zero-order valence-corrected chi connectivity index (χ0v) is 16.1. The number of imide groups is 1. The van der Waals surface area contributed by atoms with Crippen molar-refractivity contribution in [1.82, 2.24) is 9.80 Å². The molecule has 0 N–H and O–H groups in total. The van der Waals surface area contributed by atoms with E-state index in [4.69, 9.17) is 0 Å².